The van der Waals surface area contributed by atoms with Crippen molar-refractivity contribution in [1.82, 2.24) is 19.9 Å². The SMILES string of the molecule is Cc1ncc(NC(=O)CN2CC3CCC3C2)cc1NC(=O)c1cnc2[nH]c(C3=CCOCC3)cc2c1. The Hall–Kier alpha value is -3.56. The molecule has 2 amide bonds. The van der Waals surface area contributed by atoms with Crippen molar-refractivity contribution in [2.45, 2.75) is 26.2 Å². The third-order valence-electron chi connectivity index (χ3n) is 7.59. The Kier molecular flexibility index (Phi) is 6.02. The highest BCUT2D eigenvalue weighted by molar-refractivity contribution is 6.06. The molecule has 2 unspecified atom stereocenters. The van der Waals surface area contributed by atoms with E-state index in [0.717, 1.165) is 48.1 Å². The molecule has 5 heterocycles. The van der Waals surface area contributed by atoms with Crippen LogP contribution < -0.4 is 10.6 Å². The molecule has 36 heavy (non-hydrogen) atoms. The Morgan fingerprint density at radius 3 is 2.69 bits per heavy atom. The number of aryl methyl sites for hydroxylation is 1. The molecule has 1 saturated carbocycles. The van der Waals surface area contributed by atoms with Gasteiger partial charge in [0.2, 0.25) is 5.91 Å². The van der Waals surface area contributed by atoms with Gasteiger partial charge in [0.25, 0.3) is 5.91 Å². The lowest BCUT2D eigenvalue weighted by molar-refractivity contribution is -0.117. The van der Waals surface area contributed by atoms with Gasteiger partial charge in [-0.15, -0.1) is 0 Å². The van der Waals surface area contributed by atoms with E-state index in [4.69, 9.17) is 4.74 Å². The predicted molar refractivity (Wildman–Crippen MR) is 138 cm³/mol. The van der Waals surface area contributed by atoms with Gasteiger partial charge in [0, 0.05) is 30.4 Å². The molecule has 2 fully saturated rings. The van der Waals surface area contributed by atoms with Crippen molar-refractivity contribution in [3.05, 3.63) is 53.6 Å². The summed E-state index contributed by atoms with van der Waals surface area (Å²) < 4.78 is 5.39. The minimum absolute atomic E-state index is 0.0585. The fourth-order valence-corrected chi connectivity index (χ4v) is 5.40. The van der Waals surface area contributed by atoms with Crippen LogP contribution in [0, 0.1) is 18.8 Å². The number of amides is 2. The number of rotatable bonds is 6. The van der Waals surface area contributed by atoms with E-state index in [9.17, 15) is 9.59 Å². The number of anilines is 2. The van der Waals surface area contributed by atoms with Crippen LogP contribution >= 0.6 is 0 Å². The third kappa shape index (κ3) is 4.64. The van der Waals surface area contributed by atoms with Crippen molar-refractivity contribution < 1.29 is 14.3 Å². The first-order valence-corrected chi connectivity index (χ1v) is 12.6. The number of ether oxygens (including phenoxy) is 1. The quantitative estimate of drug-likeness (QED) is 0.491. The van der Waals surface area contributed by atoms with Crippen molar-refractivity contribution >= 4 is 39.8 Å². The second-order valence-electron chi connectivity index (χ2n) is 10.0. The number of nitrogens with zero attached hydrogens (tertiary/aromatic N) is 3. The van der Waals surface area contributed by atoms with E-state index in [2.05, 4.69) is 36.6 Å². The van der Waals surface area contributed by atoms with Gasteiger partial charge in [-0.3, -0.25) is 19.5 Å². The zero-order valence-corrected chi connectivity index (χ0v) is 20.3. The lowest BCUT2D eigenvalue weighted by atomic mass is 9.77. The maximum Gasteiger partial charge on any atom is 0.257 e. The van der Waals surface area contributed by atoms with Crippen molar-refractivity contribution in [2.24, 2.45) is 11.8 Å². The van der Waals surface area contributed by atoms with Crippen molar-refractivity contribution in [3.8, 4) is 0 Å². The molecule has 3 aliphatic rings. The molecule has 0 bridgehead atoms. The molecular formula is C27H30N6O3. The molecule has 2 atom stereocenters. The number of carbonyl (C=O) groups is 2. The number of nitrogens with one attached hydrogen (secondary N) is 3. The summed E-state index contributed by atoms with van der Waals surface area (Å²) in [5.41, 5.74) is 5.18. The smallest absolute Gasteiger partial charge is 0.257 e. The van der Waals surface area contributed by atoms with Gasteiger partial charge in [0.15, 0.2) is 0 Å². The first kappa shape index (κ1) is 22.9. The van der Waals surface area contributed by atoms with E-state index >= 15 is 0 Å². The fourth-order valence-electron chi connectivity index (χ4n) is 5.40. The minimum Gasteiger partial charge on any atom is -0.377 e. The molecule has 186 valence electrons. The second-order valence-corrected chi connectivity index (χ2v) is 10.0. The monoisotopic (exact) mass is 486 g/mol. The summed E-state index contributed by atoms with van der Waals surface area (Å²) in [7, 11) is 0. The summed E-state index contributed by atoms with van der Waals surface area (Å²) in [6, 6.07) is 5.60. The summed E-state index contributed by atoms with van der Waals surface area (Å²) in [6.45, 7) is 5.54. The van der Waals surface area contributed by atoms with Crippen LogP contribution in [0.2, 0.25) is 0 Å². The van der Waals surface area contributed by atoms with E-state index in [-0.39, 0.29) is 11.8 Å². The molecule has 6 rings (SSSR count). The van der Waals surface area contributed by atoms with Crippen LogP contribution in [0.4, 0.5) is 11.4 Å². The van der Waals surface area contributed by atoms with Crippen LogP contribution in [0.25, 0.3) is 16.6 Å². The first-order valence-electron chi connectivity index (χ1n) is 12.6. The van der Waals surface area contributed by atoms with Crippen LogP contribution in [0.5, 0.6) is 0 Å². The number of pyridine rings is 2. The van der Waals surface area contributed by atoms with E-state index in [1.807, 2.05) is 19.1 Å². The van der Waals surface area contributed by atoms with Gasteiger partial charge < -0.3 is 20.4 Å². The van der Waals surface area contributed by atoms with E-state index in [0.29, 0.717) is 42.4 Å². The number of H-pyrrole nitrogens is 1. The van der Waals surface area contributed by atoms with Crippen LogP contribution in [0.1, 0.15) is 41.0 Å². The molecule has 0 aromatic carbocycles. The van der Waals surface area contributed by atoms with E-state index < -0.39 is 0 Å². The third-order valence-corrected chi connectivity index (χ3v) is 7.59. The minimum atomic E-state index is -0.279. The standard InChI is InChI=1S/C27H30N6O3/c1-16-23(10-22(12-28-16)30-25(34)15-33-13-18-2-3-19(18)14-33)32-27(35)21-8-20-9-24(31-26(20)29-11-21)17-4-6-36-7-5-17/h4,8-12,18-19H,2-3,5-7,13-15H2,1H3,(H,29,31)(H,30,34)(H,32,35). The number of hydrogen-bond donors (Lipinski definition) is 3. The van der Waals surface area contributed by atoms with Gasteiger partial charge >= 0.3 is 0 Å². The van der Waals surface area contributed by atoms with Gasteiger partial charge in [-0.05, 0) is 61.8 Å². The predicted octanol–water partition coefficient (Wildman–Crippen LogP) is 3.60. The molecule has 1 saturated heterocycles. The Bertz CT molecular complexity index is 1350. The van der Waals surface area contributed by atoms with Crippen molar-refractivity contribution in [1.29, 1.82) is 0 Å². The lowest BCUT2D eigenvalue weighted by Crippen LogP contribution is -2.31. The Labute approximate surface area is 209 Å². The van der Waals surface area contributed by atoms with Gasteiger partial charge in [-0.25, -0.2) is 4.98 Å². The van der Waals surface area contributed by atoms with Crippen molar-refractivity contribution in [3.63, 3.8) is 0 Å². The molecule has 0 radical (unpaired) electrons. The normalized spacial score (nSPS) is 21.5. The lowest BCUT2D eigenvalue weighted by Gasteiger charge is -2.28. The molecular weight excluding hydrogens is 456 g/mol. The summed E-state index contributed by atoms with van der Waals surface area (Å²) in [4.78, 5) is 40.0. The number of aromatic nitrogens is 3. The maximum absolute atomic E-state index is 13.0. The number of aromatic amines is 1. The van der Waals surface area contributed by atoms with Crippen LogP contribution in [-0.2, 0) is 9.53 Å². The van der Waals surface area contributed by atoms with Crippen LogP contribution in [-0.4, -0.2) is 64.5 Å². The number of hydrogen-bond acceptors (Lipinski definition) is 6. The molecule has 3 aromatic rings. The molecule has 3 N–H and O–H groups in total. The van der Waals surface area contributed by atoms with Crippen molar-refractivity contribution in [2.75, 3.05) is 43.5 Å². The maximum atomic E-state index is 13.0. The largest absolute Gasteiger partial charge is 0.377 e. The number of fused-ring (bicyclic) bond motifs is 2. The molecule has 9 heteroatoms. The summed E-state index contributed by atoms with van der Waals surface area (Å²) in [5, 5.41) is 6.73. The Balaban J connectivity index is 1.12. The van der Waals surface area contributed by atoms with Gasteiger partial charge in [-0.1, -0.05) is 6.08 Å². The van der Waals surface area contributed by atoms with Gasteiger partial charge in [-0.2, -0.15) is 0 Å². The zero-order chi connectivity index (χ0) is 24.6. The zero-order valence-electron chi connectivity index (χ0n) is 20.3. The van der Waals surface area contributed by atoms with E-state index in [1.54, 1.807) is 18.5 Å². The highest BCUT2D eigenvalue weighted by Crippen LogP contribution is 2.40. The average Bonchev–Trinajstić information content (AvgIpc) is 3.42. The Morgan fingerprint density at radius 2 is 1.94 bits per heavy atom. The summed E-state index contributed by atoms with van der Waals surface area (Å²) in [6.07, 6.45) is 8.67. The van der Waals surface area contributed by atoms with Gasteiger partial charge in [0.1, 0.15) is 5.65 Å². The summed E-state index contributed by atoms with van der Waals surface area (Å²) in [5.74, 6) is 1.20. The second kappa shape index (κ2) is 9.48. The molecule has 3 aromatic heterocycles. The van der Waals surface area contributed by atoms with Crippen LogP contribution in [0.15, 0.2) is 36.7 Å². The highest BCUT2D eigenvalue weighted by atomic mass is 16.5. The molecule has 1 aliphatic carbocycles. The Morgan fingerprint density at radius 1 is 1.11 bits per heavy atom. The number of likely N-dealkylation sites (tertiary alicyclic amines) is 1. The van der Waals surface area contributed by atoms with Gasteiger partial charge in [0.05, 0.1) is 48.6 Å². The highest BCUT2D eigenvalue weighted by Gasteiger charge is 2.39. The first-order chi connectivity index (χ1) is 17.5. The average molecular weight is 487 g/mol. The summed E-state index contributed by atoms with van der Waals surface area (Å²) >= 11 is 0. The van der Waals surface area contributed by atoms with Crippen LogP contribution in [0.3, 0.4) is 0 Å². The fraction of sp³-hybridized carbons (Fsp3) is 0.407. The molecule has 0 spiro atoms. The molecule has 9 nitrogen and oxygen atoms in total. The topological polar surface area (TPSA) is 112 Å². The van der Waals surface area contributed by atoms with E-state index in [1.165, 1.54) is 18.4 Å². The molecule has 2 aliphatic heterocycles. The number of carbonyl (C=O) groups excluding carboxylic acids is 2.